The number of nitrogens with zero attached hydrogens (tertiary/aromatic N) is 2. The third-order valence-electron chi connectivity index (χ3n) is 8.35. The second-order valence-corrected chi connectivity index (χ2v) is 10.6. The van der Waals surface area contributed by atoms with Gasteiger partial charge in [-0.1, -0.05) is 60.7 Å². The number of fused-ring (bicyclic) bond motifs is 5. The number of aryl methyl sites for hydroxylation is 1. The van der Waals surface area contributed by atoms with Gasteiger partial charge in [-0.2, -0.15) is 5.26 Å². The Balaban J connectivity index is 1.22. The summed E-state index contributed by atoms with van der Waals surface area (Å²) in [5, 5.41) is 21.4. The van der Waals surface area contributed by atoms with E-state index < -0.39 is 5.60 Å². The number of piperidine rings is 2. The molecular weight excluding hydrogens is 448 g/mol. The quantitative estimate of drug-likeness (QED) is 0.500. The highest BCUT2D eigenvalue weighted by Gasteiger charge is 2.49. The summed E-state index contributed by atoms with van der Waals surface area (Å²) in [6.45, 7) is 2.24. The van der Waals surface area contributed by atoms with Gasteiger partial charge in [-0.3, -0.25) is 0 Å². The normalized spacial score (nSPS) is 24.5. The van der Waals surface area contributed by atoms with Gasteiger partial charge in [0, 0.05) is 36.4 Å². The van der Waals surface area contributed by atoms with E-state index in [2.05, 4.69) is 30.3 Å². The lowest BCUT2D eigenvalue weighted by molar-refractivity contribution is -0.0892. The molecule has 182 valence electrons. The van der Waals surface area contributed by atoms with E-state index in [1.54, 1.807) is 0 Å². The molecule has 0 saturated carbocycles. The van der Waals surface area contributed by atoms with Crippen LogP contribution in [0.25, 0.3) is 11.1 Å². The molecule has 5 heteroatoms. The van der Waals surface area contributed by atoms with Crippen LogP contribution in [0.4, 0.5) is 4.79 Å². The summed E-state index contributed by atoms with van der Waals surface area (Å²) in [7, 11) is 0. The molecule has 2 bridgehead atoms. The summed E-state index contributed by atoms with van der Waals surface area (Å²) in [5.41, 5.74) is 5.89. The third kappa shape index (κ3) is 3.68. The zero-order valence-corrected chi connectivity index (χ0v) is 20.5. The average Bonchev–Trinajstić information content (AvgIpc) is 3.20. The first-order chi connectivity index (χ1) is 17.5. The van der Waals surface area contributed by atoms with Crippen LogP contribution in [0.5, 0.6) is 0 Å². The van der Waals surface area contributed by atoms with Gasteiger partial charge in [0.2, 0.25) is 0 Å². The average molecular weight is 479 g/mol. The third-order valence-corrected chi connectivity index (χ3v) is 8.35. The van der Waals surface area contributed by atoms with Gasteiger partial charge in [0.25, 0.3) is 0 Å². The Bertz CT molecular complexity index is 1310. The van der Waals surface area contributed by atoms with Crippen molar-refractivity contribution < 1.29 is 14.6 Å². The first kappa shape index (κ1) is 22.8. The van der Waals surface area contributed by atoms with E-state index >= 15 is 0 Å². The molecule has 1 amide bonds. The van der Waals surface area contributed by atoms with Crippen LogP contribution in [-0.2, 0) is 10.3 Å². The Morgan fingerprint density at radius 3 is 2.25 bits per heavy atom. The maximum absolute atomic E-state index is 13.5. The number of amides is 1. The highest BCUT2D eigenvalue weighted by atomic mass is 16.6. The first-order valence-corrected chi connectivity index (χ1v) is 12.9. The molecule has 2 heterocycles. The predicted molar refractivity (Wildman–Crippen MR) is 137 cm³/mol. The van der Waals surface area contributed by atoms with E-state index in [1.165, 1.54) is 22.3 Å². The Morgan fingerprint density at radius 1 is 1.03 bits per heavy atom. The van der Waals surface area contributed by atoms with Crippen LogP contribution in [0.15, 0.2) is 66.7 Å². The number of hydrogen-bond acceptors (Lipinski definition) is 4. The molecule has 0 radical (unpaired) electrons. The number of carbonyl (C=O) groups is 1. The van der Waals surface area contributed by atoms with Gasteiger partial charge in [-0.25, -0.2) is 4.79 Å². The number of nitriles is 1. The summed E-state index contributed by atoms with van der Waals surface area (Å²) in [6, 6.07) is 24.4. The van der Waals surface area contributed by atoms with Gasteiger partial charge in [-0.15, -0.1) is 0 Å². The number of hydrogen-bond donors (Lipinski definition) is 1. The molecule has 1 N–H and O–H groups in total. The molecule has 0 spiro atoms. The van der Waals surface area contributed by atoms with Crippen molar-refractivity contribution in [3.8, 4) is 17.2 Å². The topological polar surface area (TPSA) is 73.6 Å². The fourth-order valence-electron chi connectivity index (χ4n) is 6.77. The fourth-order valence-corrected chi connectivity index (χ4v) is 6.77. The second-order valence-electron chi connectivity index (χ2n) is 10.6. The van der Waals surface area contributed by atoms with E-state index in [0.717, 1.165) is 24.8 Å². The van der Waals surface area contributed by atoms with Gasteiger partial charge in [0.15, 0.2) is 0 Å². The van der Waals surface area contributed by atoms with E-state index in [4.69, 9.17) is 4.74 Å². The van der Waals surface area contributed by atoms with E-state index in [-0.39, 0.29) is 24.1 Å². The van der Waals surface area contributed by atoms with Crippen molar-refractivity contribution in [2.45, 2.75) is 62.6 Å². The van der Waals surface area contributed by atoms with Gasteiger partial charge in [0.05, 0.1) is 17.2 Å². The lowest BCUT2D eigenvalue weighted by Gasteiger charge is -2.51. The number of rotatable bonds is 3. The Hall–Kier alpha value is -3.62. The lowest BCUT2D eigenvalue weighted by atomic mass is 9.71. The van der Waals surface area contributed by atoms with Crippen LogP contribution >= 0.6 is 0 Å². The SMILES string of the molecule is Cc1ccc(C2(O)CC3CCCC(C2)N3C(=O)OCC2c3ccccc3-c3ccccc32)c(C#N)c1. The lowest BCUT2D eigenvalue weighted by Crippen LogP contribution is -2.59. The number of benzene rings is 3. The zero-order chi connectivity index (χ0) is 24.9. The van der Waals surface area contributed by atoms with Crippen molar-refractivity contribution in [2.75, 3.05) is 6.61 Å². The molecule has 5 nitrogen and oxygen atoms in total. The van der Waals surface area contributed by atoms with Crippen molar-refractivity contribution in [3.63, 3.8) is 0 Å². The van der Waals surface area contributed by atoms with E-state index in [0.29, 0.717) is 30.6 Å². The molecule has 0 aromatic heterocycles. The van der Waals surface area contributed by atoms with E-state index in [1.807, 2.05) is 54.3 Å². The zero-order valence-electron chi connectivity index (χ0n) is 20.5. The van der Waals surface area contributed by atoms with Gasteiger partial charge in [0.1, 0.15) is 6.61 Å². The molecule has 2 fully saturated rings. The van der Waals surface area contributed by atoms with Crippen molar-refractivity contribution in [3.05, 3.63) is 94.5 Å². The highest BCUT2D eigenvalue weighted by molar-refractivity contribution is 5.79. The Labute approximate surface area is 211 Å². The van der Waals surface area contributed by atoms with Gasteiger partial charge in [-0.05, 0) is 60.1 Å². The van der Waals surface area contributed by atoms with Crippen LogP contribution in [0.3, 0.4) is 0 Å². The van der Waals surface area contributed by atoms with Crippen LogP contribution in [0.2, 0.25) is 0 Å². The van der Waals surface area contributed by atoms with Crippen molar-refractivity contribution in [1.82, 2.24) is 4.90 Å². The Morgan fingerprint density at radius 2 is 1.64 bits per heavy atom. The molecular formula is C31H30N2O3. The smallest absolute Gasteiger partial charge is 0.410 e. The van der Waals surface area contributed by atoms with Crippen molar-refractivity contribution in [1.29, 1.82) is 5.26 Å². The predicted octanol–water partition coefficient (Wildman–Crippen LogP) is 6.02. The van der Waals surface area contributed by atoms with Crippen LogP contribution in [0, 0.1) is 18.3 Å². The van der Waals surface area contributed by atoms with Crippen molar-refractivity contribution in [2.24, 2.45) is 0 Å². The van der Waals surface area contributed by atoms with Crippen molar-refractivity contribution >= 4 is 6.09 Å². The maximum atomic E-state index is 13.5. The summed E-state index contributed by atoms with van der Waals surface area (Å²) in [6.07, 6.45) is 3.24. The number of carbonyl (C=O) groups excluding carboxylic acids is 1. The van der Waals surface area contributed by atoms with Gasteiger partial charge >= 0.3 is 6.09 Å². The monoisotopic (exact) mass is 478 g/mol. The number of aliphatic hydroxyl groups is 1. The molecule has 3 aliphatic rings. The molecule has 3 aromatic rings. The maximum Gasteiger partial charge on any atom is 0.410 e. The summed E-state index contributed by atoms with van der Waals surface area (Å²) >= 11 is 0. The molecule has 2 saturated heterocycles. The van der Waals surface area contributed by atoms with Crippen LogP contribution in [-0.4, -0.2) is 34.8 Å². The summed E-state index contributed by atoms with van der Waals surface area (Å²) in [5.74, 6) is 0.0219. The highest BCUT2D eigenvalue weighted by Crippen LogP contribution is 2.47. The minimum absolute atomic E-state index is 0.0219. The fraction of sp³-hybridized carbons (Fsp3) is 0.355. The second kappa shape index (κ2) is 8.80. The van der Waals surface area contributed by atoms with Gasteiger partial charge < -0.3 is 14.7 Å². The van der Waals surface area contributed by atoms with E-state index in [9.17, 15) is 15.2 Å². The molecule has 36 heavy (non-hydrogen) atoms. The minimum atomic E-state index is -1.12. The molecule has 2 atom stereocenters. The largest absolute Gasteiger partial charge is 0.448 e. The number of ether oxygens (including phenoxy) is 1. The molecule has 1 aliphatic carbocycles. The molecule has 6 rings (SSSR count). The first-order valence-electron chi connectivity index (χ1n) is 12.9. The molecule has 3 aromatic carbocycles. The molecule has 2 unspecified atom stereocenters. The summed E-state index contributed by atoms with van der Waals surface area (Å²) < 4.78 is 6.00. The standard InChI is InChI=1S/C31H30N2O3/c1-20-13-14-29(21(15-20)18-32)31(35)16-22-7-6-8-23(17-31)33(22)30(34)36-19-28-26-11-4-2-9-24(26)25-10-3-5-12-27(25)28/h2-5,9-15,22-23,28,35H,6-8,16-17,19H2,1H3. The minimum Gasteiger partial charge on any atom is -0.448 e. The Kier molecular flexibility index (Phi) is 5.58. The summed E-state index contributed by atoms with van der Waals surface area (Å²) in [4.78, 5) is 15.4. The van der Waals surface area contributed by atoms with Crippen LogP contribution in [0.1, 0.15) is 65.8 Å². The van der Waals surface area contributed by atoms with Crippen LogP contribution < -0.4 is 0 Å². The molecule has 2 aliphatic heterocycles.